The highest BCUT2D eigenvalue weighted by molar-refractivity contribution is 5.71. The van der Waals surface area contributed by atoms with Crippen molar-refractivity contribution in [2.75, 3.05) is 17.7 Å². The third kappa shape index (κ3) is 2.71. The van der Waals surface area contributed by atoms with Crippen molar-refractivity contribution >= 4 is 17.1 Å². The third-order valence-electron chi connectivity index (χ3n) is 3.03. The smallest absolute Gasteiger partial charge is 0.120 e. The minimum Gasteiger partial charge on any atom is -0.497 e. The summed E-state index contributed by atoms with van der Waals surface area (Å²) in [6.07, 6.45) is 1.79. The van der Waals surface area contributed by atoms with Gasteiger partial charge < -0.3 is 15.4 Å². The molecule has 0 unspecified atom stereocenters. The van der Waals surface area contributed by atoms with Crippen LogP contribution in [0.2, 0.25) is 0 Å². The summed E-state index contributed by atoms with van der Waals surface area (Å²) in [6.45, 7) is 5.94. The standard InChI is InChI=1S/C16H18N2O/c1-4-18(14-8-6-13(17)7-9-14)16-11-15(19-3)10-5-12(16)2/h4-11H,1,17H2,2-3H3. The molecular weight excluding hydrogens is 236 g/mol. The summed E-state index contributed by atoms with van der Waals surface area (Å²) in [5.74, 6) is 0.822. The predicted molar refractivity (Wildman–Crippen MR) is 80.9 cm³/mol. The first kappa shape index (κ1) is 13.0. The van der Waals surface area contributed by atoms with Gasteiger partial charge in [-0.05, 0) is 42.8 Å². The number of anilines is 3. The normalized spacial score (nSPS) is 10.0. The van der Waals surface area contributed by atoms with Gasteiger partial charge in [-0.2, -0.15) is 0 Å². The van der Waals surface area contributed by atoms with Crippen molar-refractivity contribution in [3.05, 3.63) is 60.8 Å². The molecule has 0 fully saturated rings. The van der Waals surface area contributed by atoms with Crippen molar-refractivity contribution < 1.29 is 4.74 Å². The lowest BCUT2D eigenvalue weighted by Gasteiger charge is -2.23. The zero-order valence-electron chi connectivity index (χ0n) is 11.3. The van der Waals surface area contributed by atoms with E-state index < -0.39 is 0 Å². The van der Waals surface area contributed by atoms with Crippen molar-refractivity contribution in [2.45, 2.75) is 6.92 Å². The number of rotatable bonds is 4. The van der Waals surface area contributed by atoms with E-state index in [1.165, 1.54) is 0 Å². The van der Waals surface area contributed by atoms with Crippen LogP contribution < -0.4 is 15.4 Å². The van der Waals surface area contributed by atoms with Gasteiger partial charge in [0, 0.05) is 23.6 Å². The minimum absolute atomic E-state index is 0.745. The second-order valence-corrected chi connectivity index (χ2v) is 4.30. The van der Waals surface area contributed by atoms with Crippen LogP contribution in [-0.2, 0) is 0 Å². The molecule has 0 aliphatic carbocycles. The Labute approximate surface area is 113 Å². The number of ether oxygens (including phenoxy) is 1. The summed E-state index contributed by atoms with van der Waals surface area (Å²) in [6, 6.07) is 13.7. The van der Waals surface area contributed by atoms with Crippen molar-refractivity contribution in [2.24, 2.45) is 0 Å². The van der Waals surface area contributed by atoms with Gasteiger partial charge >= 0.3 is 0 Å². The van der Waals surface area contributed by atoms with E-state index in [9.17, 15) is 0 Å². The first-order chi connectivity index (χ1) is 9.15. The van der Waals surface area contributed by atoms with Gasteiger partial charge in [-0.25, -0.2) is 0 Å². The fraction of sp³-hybridized carbons (Fsp3) is 0.125. The fourth-order valence-corrected chi connectivity index (χ4v) is 1.95. The lowest BCUT2D eigenvalue weighted by Crippen LogP contribution is -2.09. The van der Waals surface area contributed by atoms with Gasteiger partial charge in [-0.1, -0.05) is 12.6 Å². The summed E-state index contributed by atoms with van der Waals surface area (Å²) < 4.78 is 5.28. The van der Waals surface area contributed by atoms with Crippen LogP contribution in [0.5, 0.6) is 5.75 Å². The number of nitrogen functional groups attached to an aromatic ring is 1. The number of benzene rings is 2. The molecule has 3 heteroatoms. The van der Waals surface area contributed by atoms with Crippen molar-refractivity contribution in [3.63, 3.8) is 0 Å². The molecule has 0 radical (unpaired) electrons. The quantitative estimate of drug-likeness (QED) is 0.842. The molecule has 0 amide bonds. The topological polar surface area (TPSA) is 38.5 Å². The van der Waals surface area contributed by atoms with Gasteiger partial charge in [-0.3, -0.25) is 0 Å². The summed E-state index contributed by atoms with van der Waals surface area (Å²) >= 11 is 0. The van der Waals surface area contributed by atoms with Gasteiger partial charge in [0.25, 0.3) is 0 Å². The van der Waals surface area contributed by atoms with Crippen LogP contribution in [-0.4, -0.2) is 7.11 Å². The Morgan fingerprint density at radius 2 is 1.84 bits per heavy atom. The van der Waals surface area contributed by atoms with Crippen molar-refractivity contribution in [1.82, 2.24) is 0 Å². The van der Waals surface area contributed by atoms with Crippen LogP contribution in [0, 0.1) is 6.92 Å². The van der Waals surface area contributed by atoms with E-state index in [2.05, 4.69) is 13.5 Å². The van der Waals surface area contributed by atoms with Crippen LogP contribution in [0.1, 0.15) is 5.56 Å². The Balaban J connectivity index is 2.47. The molecule has 0 spiro atoms. The Kier molecular flexibility index (Phi) is 3.76. The number of nitrogens with zero attached hydrogens (tertiary/aromatic N) is 1. The second kappa shape index (κ2) is 5.48. The van der Waals surface area contributed by atoms with E-state index in [4.69, 9.17) is 10.5 Å². The molecule has 0 aromatic heterocycles. The van der Waals surface area contributed by atoms with Gasteiger partial charge in [0.1, 0.15) is 5.75 Å². The first-order valence-corrected chi connectivity index (χ1v) is 6.07. The molecule has 0 aliphatic heterocycles. The maximum absolute atomic E-state index is 5.72. The van der Waals surface area contributed by atoms with Gasteiger partial charge in [0.2, 0.25) is 0 Å². The van der Waals surface area contributed by atoms with Crippen LogP contribution in [0.3, 0.4) is 0 Å². The SMILES string of the molecule is C=CN(c1ccc(N)cc1)c1cc(OC)ccc1C. The number of methoxy groups -OCH3 is 1. The molecular formula is C16H18N2O. The highest BCUT2D eigenvalue weighted by Crippen LogP contribution is 2.32. The Morgan fingerprint density at radius 1 is 1.16 bits per heavy atom. The van der Waals surface area contributed by atoms with Gasteiger partial charge in [0.05, 0.1) is 12.8 Å². The molecule has 2 N–H and O–H groups in total. The van der Waals surface area contributed by atoms with Gasteiger partial charge in [0.15, 0.2) is 0 Å². The monoisotopic (exact) mass is 254 g/mol. The highest BCUT2D eigenvalue weighted by Gasteiger charge is 2.09. The molecule has 2 aromatic carbocycles. The maximum atomic E-state index is 5.72. The minimum atomic E-state index is 0.745. The molecule has 0 saturated carbocycles. The summed E-state index contributed by atoms with van der Waals surface area (Å²) in [4.78, 5) is 2.01. The van der Waals surface area contributed by atoms with Crippen LogP contribution in [0.4, 0.5) is 17.1 Å². The molecule has 2 aromatic rings. The third-order valence-corrected chi connectivity index (χ3v) is 3.03. The number of aryl methyl sites for hydroxylation is 1. The van der Waals surface area contributed by atoms with Crippen LogP contribution in [0.15, 0.2) is 55.2 Å². The molecule has 0 bridgehead atoms. The van der Waals surface area contributed by atoms with Crippen LogP contribution in [0.25, 0.3) is 0 Å². The van der Waals surface area contributed by atoms with Crippen LogP contribution >= 0.6 is 0 Å². The number of hydrogen-bond acceptors (Lipinski definition) is 3. The van der Waals surface area contributed by atoms with E-state index >= 15 is 0 Å². The Hall–Kier alpha value is -2.42. The summed E-state index contributed by atoms with van der Waals surface area (Å²) in [5, 5.41) is 0. The molecule has 98 valence electrons. The molecule has 0 saturated heterocycles. The Morgan fingerprint density at radius 3 is 2.42 bits per heavy atom. The molecule has 0 heterocycles. The number of nitrogens with two attached hydrogens (primary N) is 1. The average Bonchev–Trinajstić information content (AvgIpc) is 2.43. The predicted octanol–water partition coefficient (Wildman–Crippen LogP) is 3.87. The molecule has 19 heavy (non-hydrogen) atoms. The average molecular weight is 254 g/mol. The zero-order chi connectivity index (χ0) is 13.8. The Bertz CT molecular complexity index is 576. The number of hydrogen-bond donors (Lipinski definition) is 1. The first-order valence-electron chi connectivity index (χ1n) is 6.07. The van der Waals surface area contributed by atoms with E-state index in [0.29, 0.717) is 0 Å². The highest BCUT2D eigenvalue weighted by atomic mass is 16.5. The van der Waals surface area contributed by atoms with Gasteiger partial charge in [-0.15, -0.1) is 0 Å². The largest absolute Gasteiger partial charge is 0.497 e. The van der Waals surface area contributed by atoms with Crippen molar-refractivity contribution in [1.29, 1.82) is 0 Å². The molecule has 2 rings (SSSR count). The molecule has 0 atom stereocenters. The van der Waals surface area contributed by atoms with Crippen molar-refractivity contribution in [3.8, 4) is 5.75 Å². The summed E-state index contributed by atoms with van der Waals surface area (Å²) in [7, 11) is 1.66. The molecule has 3 nitrogen and oxygen atoms in total. The lowest BCUT2D eigenvalue weighted by molar-refractivity contribution is 0.415. The second-order valence-electron chi connectivity index (χ2n) is 4.30. The van der Waals surface area contributed by atoms with E-state index in [0.717, 1.165) is 28.4 Å². The summed E-state index contributed by atoms with van der Waals surface area (Å²) in [5.41, 5.74) is 9.67. The fourth-order valence-electron chi connectivity index (χ4n) is 1.95. The zero-order valence-corrected chi connectivity index (χ0v) is 11.3. The molecule has 0 aliphatic rings. The van der Waals surface area contributed by atoms with E-state index in [1.54, 1.807) is 13.3 Å². The van der Waals surface area contributed by atoms with E-state index in [1.807, 2.05) is 47.4 Å². The lowest BCUT2D eigenvalue weighted by atomic mass is 10.1. The maximum Gasteiger partial charge on any atom is 0.120 e. The van der Waals surface area contributed by atoms with E-state index in [-0.39, 0.29) is 0 Å².